The lowest BCUT2D eigenvalue weighted by molar-refractivity contribution is -0.124. The van der Waals surface area contributed by atoms with Crippen molar-refractivity contribution in [1.29, 1.82) is 0 Å². The number of rotatable bonds is 18. The van der Waals surface area contributed by atoms with Crippen LogP contribution in [0.1, 0.15) is 53.9 Å². The number of amides is 4. The Morgan fingerprint density at radius 2 is 1.75 bits per heavy atom. The Kier molecular flexibility index (Phi) is 16.3. The number of hydrogen-bond acceptors (Lipinski definition) is 13. The van der Waals surface area contributed by atoms with Crippen LogP contribution in [0, 0.1) is 5.92 Å². The van der Waals surface area contributed by atoms with E-state index in [-0.39, 0.29) is 44.4 Å². The highest BCUT2D eigenvalue weighted by atomic mass is 31.2. The quantitative estimate of drug-likeness (QED) is 0.0611. The summed E-state index contributed by atoms with van der Waals surface area (Å²) in [5.41, 5.74) is 2.83. The molecule has 0 saturated carbocycles. The highest BCUT2D eigenvalue weighted by Gasteiger charge is 2.65. The molecule has 6 N–H and O–H groups in total. The zero-order valence-corrected chi connectivity index (χ0v) is 33.6. The normalized spacial score (nSPS) is 15.2. The van der Waals surface area contributed by atoms with Crippen LogP contribution in [-0.4, -0.2) is 100 Å². The van der Waals surface area contributed by atoms with E-state index in [1.165, 1.54) is 30.5 Å². The van der Waals surface area contributed by atoms with Crippen molar-refractivity contribution in [3.05, 3.63) is 89.5 Å². The first-order valence-corrected chi connectivity index (χ1v) is 20.5. The summed E-state index contributed by atoms with van der Waals surface area (Å²) < 4.78 is 45.5. The second-order valence-corrected chi connectivity index (χ2v) is 17.3. The van der Waals surface area contributed by atoms with Crippen molar-refractivity contribution in [3.8, 4) is 0 Å². The first kappa shape index (κ1) is 45.1. The van der Waals surface area contributed by atoms with Crippen LogP contribution in [0.2, 0.25) is 0 Å². The minimum Gasteiger partial charge on any atom is -0.447 e. The molecule has 0 fully saturated rings. The SMILES string of the molecule is CO[P+](=O)C(O)(CC(=O)NCCOC(=O)N(C)c1ccc2c(c1)COB([C@H](CC(C)C)NC(=O)[C@H](Cc1ccccc1)NC(=O)c1cnccn1)OC2)P(=O)(O)O. The fourth-order valence-electron chi connectivity index (χ4n) is 5.69. The largest absolute Gasteiger partial charge is 0.557 e. The maximum absolute atomic E-state index is 13.9. The Hall–Kier alpha value is -4.65. The van der Waals surface area contributed by atoms with Gasteiger partial charge in [-0.15, -0.1) is 4.52 Å². The monoisotopic (exact) mass is 831 g/mol. The van der Waals surface area contributed by atoms with E-state index in [9.17, 15) is 43.2 Å². The Morgan fingerprint density at radius 3 is 2.39 bits per heavy atom. The molecule has 306 valence electrons. The number of ether oxygens (including phenoxy) is 1. The third-order valence-electron chi connectivity index (χ3n) is 8.71. The van der Waals surface area contributed by atoms with Crippen LogP contribution in [0.5, 0.6) is 0 Å². The van der Waals surface area contributed by atoms with Gasteiger partial charge in [-0.2, -0.15) is 0 Å². The average molecular weight is 832 g/mol. The summed E-state index contributed by atoms with van der Waals surface area (Å²) >= 11 is 0. The third kappa shape index (κ3) is 12.7. The highest BCUT2D eigenvalue weighted by Crippen LogP contribution is 2.63. The molecule has 0 radical (unpaired) electrons. The number of aromatic nitrogens is 2. The molecule has 3 aromatic rings. The Balaban J connectivity index is 1.36. The molecule has 1 aliphatic heterocycles. The fourth-order valence-corrected chi connectivity index (χ4v) is 7.70. The van der Waals surface area contributed by atoms with Crippen LogP contribution >= 0.6 is 15.6 Å². The van der Waals surface area contributed by atoms with E-state index < -0.39 is 70.0 Å². The molecule has 0 saturated heterocycles. The maximum Gasteiger partial charge on any atom is 0.557 e. The van der Waals surface area contributed by atoms with E-state index in [4.69, 9.17) is 14.0 Å². The summed E-state index contributed by atoms with van der Waals surface area (Å²) in [7, 11) is -7.29. The van der Waals surface area contributed by atoms with Gasteiger partial charge >= 0.3 is 33.9 Å². The molecule has 2 heterocycles. The standard InChI is InChI=1S/C35H45BN6O13P2/c1-23(2)16-30(41-32(44)28(17-24-8-6-5-7-9-24)40-33(45)29-20-37-12-13-38-29)36-54-21-25-10-11-27(18-26(25)22-55-36)42(3)34(46)53-15-14-39-31(43)19-35(47,56(48)52-4)57(49,50)51/h5-13,18,20,23,28,30,47H,14-17,19,21-22H2,1-4H3,(H4-,39,40,41,43,44,45,49,50,51)/p+1/t28-,30-,35?/m0/s1. The van der Waals surface area contributed by atoms with Crippen molar-refractivity contribution in [1.82, 2.24) is 25.9 Å². The Labute approximate surface area is 330 Å². The minimum absolute atomic E-state index is 0.0644. The van der Waals surface area contributed by atoms with Crippen molar-refractivity contribution in [3.63, 3.8) is 0 Å². The molecule has 4 amide bonds. The number of carbonyl (C=O) groups is 4. The lowest BCUT2D eigenvalue weighted by Crippen LogP contribution is -2.56. The number of nitrogens with one attached hydrogen (secondary N) is 3. The van der Waals surface area contributed by atoms with E-state index in [2.05, 4.69) is 30.4 Å². The lowest BCUT2D eigenvalue weighted by atomic mass is 9.73. The molecule has 19 nitrogen and oxygen atoms in total. The summed E-state index contributed by atoms with van der Waals surface area (Å²) in [6.45, 7) is 3.56. The van der Waals surface area contributed by atoms with Gasteiger partial charge in [0.15, 0.2) is 0 Å². The van der Waals surface area contributed by atoms with Gasteiger partial charge in [-0.05, 0) is 45.7 Å². The minimum atomic E-state index is -5.43. The zero-order chi connectivity index (χ0) is 41.8. The number of carbonyl (C=O) groups excluding carboxylic acids is 4. The van der Waals surface area contributed by atoms with Crippen LogP contribution in [0.4, 0.5) is 10.5 Å². The van der Waals surface area contributed by atoms with E-state index in [0.29, 0.717) is 17.7 Å². The average Bonchev–Trinajstić information content (AvgIpc) is 3.40. The van der Waals surface area contributed by atoms with Crippen LogP contribution in [0.25, 0.3) is 0 Å². The molecule has 4 rings (SSSR count). The molecule has 1 aliphatic rings. The lowest BCUT2D eigenvalue weighted by Gasteiger charge is -2.27. The molecule has 4 atom stereocenters. The number of aliphatic hydroxyl groups is 1. The Morgan fingerprint density at radius 1 is 1.05 bits per heavy atom. The van der Waals surface area contributed by atoms with Gasteiger partial charge in [-0.25, -0.2) is 9.78 Å². The summed E-state index contributed by atoms with van der Waals surface area (Å²) in [5, 5.41) is 15.0. The van der Waals surface area contributed by atoms with Crippen LogP contribution < -0.4 is 20.9 Å². The summed E-state index contributed by atoms with van der Waals surface area (Å²) in [6.07, 6.45) is 2.82. The van der Waals surface area contributed by atoms with Crippen molar-refractivity contribution < 1.29 is 61.8 Å². The predicted molar refractivity (Wildman–Crippen MR) is 206 cm³/mol. The molecular formula is C35H46BN6O13P2+. The Bertz CT molecular complexity index is 1930. The van der Waals surface area contributed by atoms with Gasteiger partial charge in [0, 0.05) is 31.5 Å². The van der Waals surface area contributed by atoms with Gasteiger partial charge in [-0.1, -0.05) is 50.2 Å². The van der Waals surface area contributed by atoms with E-state index in [0.717, 1.165) is 18.2 Å². The van der Waals surface area contributed by atoms with Gasteiger partial charge in [-0.3, -0.25) is 28.8 Å². The van der Waals surface area contributed by atoms with Crippen LogP contribution in [0.15, 0.2) is 67.1 Å². The van der Waals surface area contributed by atoms with E-state index in [1.807, 2.05) is 44.2 Å². The van der Waals surface area contributed by atoms with E-state index >= 15 is 0 Å². The molecule has 1 aromatic heterocycles. The van der Waals surface area contributed by atoms with Crippen molar-refractivity contribution in [2.24, 2.45) is 5.92 Å². The van der Waals surface area contributed by atoms with Gasteiger partial charge < -0.3 is 44.9 Å². The number of benzene rings is 2. The van der Waals surface area contributed by atoms with Gasteiger partial charge in [0.05, 0.1) is 39.0 Å². The summed E-state index contributed by atoms with van der Waals surface area (Å²) in [4.78, 5) is 80.0. The fraction of sp³-hybridized carbons (Fsp3) is 0.429. The molecule has 2 aromatic carbocycles. The molecule has 0 aliphatic carbocycles. The summed E-state index contributed by atoms with van der Waals surface area (Å²) in [6, 6.07) is 13.5. The zero-order valence-electron chi connectivity index (χ0n) is 31.8. The van der Waals surface area contributed by atoms with Gasteiger partial charge in [0.1, 0.15) is 24.8 Å². The summed E-state index contributed by atoms with van der Waals surface area (Å²) in [5.74, 6) is -2.54. The molecule has 57 heavy (non-hydrogen) atoms. The van der Waals surface area contributed by atoms with Crippen molar-refractivity contribution in [2.45, 2.75) is 63.4 Å². The highest BCUT2D eigenvalue weighted by molar-refractivity contribution is 7.67. The molecule has 0 bridgehead atoms. The second kappa shape index (κ2) is 20.7. The first-order chi connectivity index (χ1) is 27.0. The smallest absolute Gasteiger partial charge is 0.447 e. The maximum atomic E-state index is 13.9. The van der Waals surface area contributed by atoms with Gasteiger partial charge in [0.25, 0.3) is 5.91 Å². The number of nitrogens with zero attached hydrogens (tertiary/aromatic N) is 3. The number of fused-ring (bicyclic) bond motifs is 1. The van der Waals surface area contributed by atoms with Crippen LogP contribution in [-0.2, 0) is 56.9 Å². The van der Waals surface area contributed by atoms with Crippen molar-refractivity contribution >= 4 is 52.2 Å². The molecule has 0 spiro atoms. The number of anilines is 1. The van der Waals surface area contributed by atoms with E-state index in [1.54, 1.807) is 18.2 Å². The molecule has 2 unspecified atom stereocenters. The predicted octanol–water partition coefficient (Wildman–Crippen LogP) is 2.41. The van der Waals surface area contributed by atoms with Crippen molar-refractivity contribution in [2.75, 3.05) is 32.2 Å². The van der Waals surface area contributed by atoms with Crippen LogP contribution in [0.3, 0.4) is 0 Å². The first-order valence-electron chi connectivity index (χ1n) is 17.7. The third-order valence-corrected chi connectivity index (χ3v) is 12.1. The second-order valence-electron chi connectivity index (χ2n) is 13.5. The topological polar surface area (TPSA) is 265 Å². The number of hydrogen-bond donors (Lipinski definition) is 6. The molecular weight excluding hydrogens is 785 g/mol. The molecule has 22 heteroatoms. The van der Waals surface area contributed by atoms with Gasteiger partial charge in [0.2, 0.25) is 11.8 Å².